The SMILES string of the molecule is CN1CN(CCCOC2CCCCO2)C(=O)c2c1nc(-c1cccc(OC(F)(F)F)c1)n2Cc1ccc(Cl)cc1. The van der Waals surface area contributed by atoms with Crippen molar-refractivity contribution in [2.24, 2.45) is 0 Å². The molecule has 8 nitrogen and oxygen atoms in total. The number of carbonyl (C=O) groups excluding carboxylic acids is 1. The first-order valence-electron chi connectivity index (χ1n) is 13.1. The first kappa shape index (κ1) is 28.3. The normalized spacial score (nSPS) is 17.7. The number of amides is 1. The van der Waals surface area contributed by atoms with Gasteiger partial charge in [0.1, 0.15) is 11.6 Å². The van der Waals surface area contributed by atoms with Gasteiger partial charge in [0.15, 0.2) is 17.8 Å². The summed E-state index contributed by atoms with van der Waals surface area (Å²) in [5, 5.41) is 0.566. The second-order valence-corrected chi connectivity index (χ2v) is 10.3. The predicted octanol–water partition coefficient (Wildman–Crippen LogP) is 5.93. The van der Waals surface area contributed by atoms with E-state index in [0.717, 1.165) is 24.8 Å². The third-order valence-electron chi connectivity index (χ3n) is 6.78. The van der Waals surface area contributed by atoms with Crippen molar-refractivity contribution in [1.82, 2.24) is 14.5 Å². The van der Waals surface area contributed by atoms with E-state index in [2.05, 4.69) is 4.74 Å². The minimum Gasteiger partial charge on any atom is -0.406 e. The van der Waals surface area contributed by atoms with Crippen molar-refractivity contribution in [3.8, 4) is 17.1 Å². The van der Waals surface area contributed by atoms with E-state index in [1.54, 1.807) is 27.7 Å². The molecule has 1 atom stereocenters. The number of aromatic nitrogens is 2. The van der Waals surface area contributed by atoms with E-state index < -0.39 is 6.36 Å². The molecular formula is C28H30ClF3N4O4. The third kappa shape index (κ3) is 6.71. The summed E-state index contributed by atoms with van der Waals surface area (Å²) in [7, 11) is 1.83. The van der Waals surface area contributed by atoms with Crippen LogP contribution in [0.15, 0.2) is 48.5 Å². The molecule has 3 aromatic rings. The van der Waals surface area contributed by atoms with Crippen molar-refractivity contribution in [2.45, 2.75) is 44.9 Å². The topological polar surface area (TPSA) is 69.1 Å². The van der Waals surface area contributed by atoms with Crippen LogP contribution >= 0.6 is 11.6 Å². The molecule has 0 saturated carbocycles. The van der Waals surface area contributed by atoms with Crippen molar-refractivity contribution in [3.05, 3.63) is 64.8 Å². The molecule has 214 valence electrons. The van der Waals surface area contributed by atoms with Crippen molar-refractivity contribution < 1.29 is 32.2 Å². The lowest BCUT2D eigenvalue weighted by Crippen LogP contribution is -2.46. The predicted molar refractivity (Wildman–Crippen MR) is 143 cm³/mol. The number of hydrogen-bond donors (Lipinski definition) is 0. The van der Waals surface area contributed by atoms with Gasteiger partial charge in [-0.15, -0.1) is 13.2 Å². The number of halogens is 4. The van der Waals surface area contributed by atoms with Crippen molar-refractivity contribution in [1.29, 1.82) is 0 Å². The zero-order valence-corrected chi connectivity index (χ0v) is 22.7. The van der Waals surface area contributed by atoms with Gasteiger partial charge in [0, 0.05) is 37.3 Å². The highest BCUT2D eigenvalue weighted by atomic mass is 35.5. The van der Waals surface area contributed by atoms with Crippen LogP contribution < -0.4 is 9.64 Å². The molecule has 12 heteroatoms. The Kier molecular flexibility index (Phi) is 8.53. The van der Waals surface area contributed by atoms with E-state index in [1.807, 2.05) is 24.1 Å². The highest BCUT2D eigenvalue weighted by Gasteiger charge is 2.35. The van der Waals surface area contributed by atoms with Crippen molar-refractivity contribution in [3.63, 3.8) is 0 Å². The Hall–Kier alpha value is -3.28. The summed E-state index contributed by atoms with van der Waals surface area (Å²) in [6, 6.07) is 12.8. The summed E-state index contributed by atoms with van der Waals surface area (Å²) in [6.07, 6.45) is -1.41. The number of benzene rings is 2. The molecule has 0 spiro atoms. The summed E-state index contributed by atoms with van der Waals surface area (Å²) < 4.78 is 56.1. The maximum atomic E-state index is 13.8. The van der Waals surface area contributed by atoms with Crippen LogP contribution in [0.25, 0.3) is 11.4 Å². The van der Waals surface area contributed by atoms with E-state index in [4.69, 9.17) is 26.1 Å². The van der Waals surface area contributed by atoms with Crippen LogP contribution in [0.4, 0.5) is 19.0 Å². The van der Waals surface area contributed by atoms with Gasteiger partial charge in [-0.05, 0) is 55.5 Å². The minimum absolute atomic E-state index is 0.194. The molecule has 2 aliphatic rings. The molecule has 1 amide bonds. The molecule has 1 aromatic heterocycles. The van der Waals surface area contributed by atoms with Crippen LogP contribution in [0.2, 0.25) is 5.02 Å². The van der Waals surface area contributed by atoms with Crippen LogP contribution in [0.3, 0.4) is 0 Å². The highest BCUT2D eigenvalue weighted by Crippen LogP contribution is 2.34. The fraction of sp³-hybridized carbons (Fsp3) is 0.429. The zero-order valence-electron chi connectivity index (χ0n) is 22.0. The molecule has 1 saturated heterocycles. The molecule has 2 aliphatic heterocycles. The average molecular weight is 579 g/mol. The van der Waals surface area contributed by atoms with Crippen molar-refractivity contribution in [2.75, 3.05) is 38.4 Å². The van der Waals surface area contributed by atoms with Crippen molar-refractivity contribution >= 4 is 23.3 Å². The molecule has 0 aliphatic carbocycles. The van der Waals surface area contributed by atoms with Gasteiger partial charge in [0.05, 0.1) is 13.3 Å². The van der Waals surface area contributed by atoms with E-state index in [-0.39, 0.29) is 24.5 Å². The first-order chi connectivity index (χ1) is 19.2. The van der Waals surface area contributed by atoms with Crippen LogP contribution in [0.5, 0.6) is 5.75 Å². The Morgan fingerprint density at radius 1 is 1.15 bits per heavy atom. The lowest BCUT2D eigenvalue weighted by molar-refractivity contribution is -0.274. The number of alkyl halides is 3. The van der Waals surface area contributed by atoms with Gasteiger partial charge in [0.2, 0.25) is 0 Å². The maximum absolute atomic E-state index is 13.8. The fourth-order valence-electron chi connectivity index (χ4n) is 4.92. The number of ether oxygens (including phenoxy) is 3. The van der Waals surface area contributed by atoms with Crippen LogP contribution in [-0.4, -0.2) is 66.5 Å². The number of anilines is 1. The molecule has 3 heterocycles. The number of hydrogen-bond acceptors (Lipinski definition) is 6. The lowest BCUT2D eigenvalue weighted by Gasteiger charge is -2.34. The first-order valence-corrected chi connectivity index (χ1v) is 13.5. The molecule has 1 fully saturated rings. The molecule has 1 unspecified atom stereocenters. The van der Waals surface area contributed by atoms with E-state index in [0.29, 0.717) is 60.8 Å². The van der Waals surface area contributed by atoms with E-state index >= 15 is 0 Å². The van der Waals surface area contributed by atoms with Gasteiger partial charge in [-0.25, -0.2) is 4.98 Å². The Bertz CT molecular complexity index is 1330. The number of fused-ring (bicyclic) bond motifs is 1. The smallest absolute Gasteiger partial charge is 0.406 e. The number of rotatable bonds is 9. The minimum atomic E-state index is -4.83. The molecule has 0 N–H and O–H groups in total. The summed E-state index contributed by atoms with van der Waals surface area (Å²) in [4.78, 5) is 22.1. The standard InChI is InChI=1S/C28H30ClF3N4O4/c1-34-18-35(13-5-15-39-23-8-2-3-14-38-23)27(37)24-26(34)33-25(36(24)17-19-9-11-21(29)12-10-19)20-6-4-7-22(16-20)40-28(30,31)32/h4,6-7,9-12,16,23H,2-3,5,8,13-15,17-18H2,1H3. The zero-order chi connectivity index (χ0) is 28.3. The van der Waals surface area contributed by atoms with Gasteiger partial charge in [-0.2, -0.15) is 0 Å². The maximum Gasteiger partial charge on any atom is 0.573 e. The van der Waals surface area contributed by atoms with Crippen LogP contribution in [0, 0.1) is 0 Å². The number of nitrogens with zero attached hydrogens (tertiary/aromatic N) is 4. The highest BCUT2D eigenvalue weighted by molar-refractivity contribution is 6.30. The number of imidazole rings is 1. The largest absolute Gasteiger partial charge is 0.573 e. The van der Waals surface area contributed by atoms with Gasteiger partial charge in [-0.3, -0.25) is 4.79 Å². The fourth-order valence-corrected chi connectivity index (χ4v) is 5.04. The van der Waals surface area contributed by atoms with Gasteiger partial charge >= 0.3 is 6.36 Å². The summed E-state index contributed by atoms with van der Waals surface area (Å²) in [6.45, 7) is 2.21. The van der Waals surface area contributed by atoms with Gasteiger partial charge in [0.25, 0.3) is 5.91 Å². The van der Waals surface area contributed by atoms with Gasteiger partial charge in [-0.1, -0.05) is 35.9 Å². The summed E-state index contributed by atoms with van der Waals surface area (Å²) in [5.74, 6) is 0.233. The molecule has 0 bridgehead atoms. The van der Waals surface area contributed by atoms with Crippen LogP contribution in [0.1, 0.15) is 41.7 Å². The van der Waals surface area contributed by atoms with E-state index in [1.165, 1.54) is 18.2 Å². The van der Waals surface area contributed by atoms with Gasteiger partial charge < -0.3 is 28.6 Å². The second-order valence-electron chi connectivity index (χ2n) is 9.82. The Morgan fingerprint density at radius 2 is 1.95 bits per heavy atom. The summed E-state index contributed by atoms with van der Waals surface area (Å²) >= 11 is 6.07. The second kappa shape index (κ2) is 12.1. The molecule has 0 radical (unpaired) electrons. The molecule has 2 aromatic carbocycles. The summed E-state index contributed by atoms with van der Waals surface area (Å²) in [5.41, 5.74) is 1.60. The molecule has 5 rings (SSSR count). The third-order valence-corrected chi connectivity index (χ3v) is 7.03. The monoisotopic (exact) mass is 578 g/mol. The average Bonchev–Trinajstić information content (AvgIpc) is 3.30. The molecule has 40 heavy (non-hydrogen) atoms. The Balaban J connectivity index is 1.43. The van der Waals surface area contributed by atoms with Crippen LogP contribution in [-0.2, 0) is 16.0 Å². The number of carbonyl (C=O) groups is 1. The van der Waals surface area contributed by atoms with E-state index in [9.17, 15) is 18.0 Å². The lowest BCUT2D eigenvalue weighted by atomic mass is 10.1. The molecular weight excluding hydrogens is 549 g/mol. The quantitative estimate of drug-likeness (QED) is 0.293. The Labute approximate surface area is 235 Å². The Morgan fingerprint density at radius 3 is 2.67 bits per heavy atom.